The SMILES string of the molecule is COc1ccc(CCCNC2CC2)cc1Br. The van der Waals surface area contributed by atoms with Crippen molar-refractivity contribution in [2.24, 2.45) is 0 Å². The molecular formula is C13H18BrNO. The zero-order valence-corrected chi connectivity index (χ0v) is 11.2. The third-order valence-corrected chi connectivity index (χ3v) is 3.49. The van der Waals surface area contributed by atoms with Crippen LogP contribution in [-0.2, 0) is 6.42 Å². The molecule has 1 aliphatic carbocycles. The molecule has 16 heavy (non-hydrogen) atoms. The van der Waals surface area contributed by atoms with Crippen LogP contribution < -0.4 is 10.1 Å². The van der Waals surface area contributed by atoms with Crippen LogP contribution in [0.3, 0.4) is 0 Å². The fraction of sp³-hybridized carbons (Fsp3) is 0.538. The van der Waals surface area contributed by atoms with Gasteiger partial charge in [-0.1, -0.05) is 6.07 Å². The van der Waals surface area contributed by atoms with Crippen LogP contribution in [0.4, 0.5) is 0 Å². The number of ether oxygens (including phenoxy) is 1. The molecule has 1 aliphatic rings. The van der Waals surface area contributed by atoms with E-state index in [1.807, 2.05) is 6.07 Å². The zero-order chi connectivity index (χ0) is 11.4. The van der Waals surface area contributed by atoms with E-state index in [2.05, 4.69) is 33.4 Å². The second kappa shape index (κ2) is 5.69. The maximum absolute atomic E-state index is 5.21. The molecule has 0 aliphatic heterocycles. The fourth-order valence-electron chi connectivity index (χ4n) is 1.75. The van der Waals surface area contributed by atoms with Gasteiger partial charge in [-0.05, 0) is 65.9 Å². The number of hydrogen-bond acceptors (Lipinski definition) is 2. The number of rotatable bonds is 6. The summed E-state index contributed by atoms with van der Waals surface area (Å²) in [6.45, 7) is 1.13. The van der Waals surface area contributed by atoms with E-state index < -0.39 is 0 Å². The predicted molar refractivity (Wildman–Crippen MR) is 70.0 cm³/mol. The van der Waals surface area contributed by atoms with E-state index in [0.717, 1.165) is 29.2 Å². The monoisotopic (exact) mass is 283 g/mol. The van der Waals surface area contributed by atoms with Crippen molar-refractivity contribution in [1.29, 1.82) is 0 Å². The Labute approximate surface area is 106 Å². The maximum atomic E-state index is 5.21. The standard InChI is InChI=1S/C13H18BrNO/c1-16-13-7-4-10(9-12(13)14)3-2-8-15-11-5-6-11/h4,7,9,11,15H,2-3,5-6,8H2,1H3. The number of aryl methyl sites for hydroxylation is 1. The number of methoxy groups -OCH3 is 1. The summed E-state index contributed by atoms with van der Waals surface area (Å²) < 4.78 is 6.25. The second-order valence-corrected chi connectivity index (χ2v) is 5.16. The highest BCUT2D eigenvalue weighted by atomic mass is 79.9. The van der Waals surface area contributed by atoms with Crippen LogP contribution in [0.15, 0.2) is 22.7 Å². The van der Waals surface area contributed by atoms with Gasteiger partial charge in [0.15, 0.2) is 0 Å². The molecule has 1 saturated carbocycles. The lowest BCUT2D eigenvalue weighted by atomic mass is 10.1. The zero-order valence-electron chi connectivity index (χ0n) is 9.63. The van der Waals surface area contributed by atoms with E-state index >= 15 is 0 Å². The van der Waals surface area contributed by atoms with E-state index in [0.29, 0.717) is 0 Å². The van der Waals surface area contributed by atoms with Gasteiger partial charge in [-0.3, -0.25) is 0 Å². The molecule has 3 heteroatoms. The summed E-state index contributed by atoms with van der Waals surface area (Å²) in [5.41, 5.74) is 1.37. The van der Waals surface area contributed by atoms with Crippen molar-refractivity contribution in [3.8, 4) is 5.75 Å². The lowest BCUT2D eigenvalue weighted by Crippen LogP contribution is -2.17. The predicted octanol–water partition coefficient (Wildman–Crippen LogP) is 3.14. The smallest absolute Gasteiger partial charge is 0.133 e. The van der Waals surface area contributed by atoms with Gasteiger partial charge in [0, 0.05) is 6.04 Å². The molecule has 0 bridgehead atoms. The number of halogens is 1. The Morgan fingerprint density at radius 1 is 1.44 bits per heavy atom. The molecule has 1 N–H and O–H groups in total. The Morgan fingerprint density at radius 3 is 2.88 bits per heavy atom. The largest absolute Gasteiger partial charge is 0.496 e. The van der Waals surface area contributed by atoms with Crippen LogP contribution in [0.2, 0.25) is 0 Å². The van der Waals surface area contributed by atoms with Gasteiger partial charge in [-0.2, -0.15) is 0 Å². The topological polar surface area (TPSA) is 21.3 Å². The average Bonchev–Trinajstić information content (AvgIpc) is 3.08. The fourth-order valence-corrected chi connectivity index (χ4v) is 2.34. The Morgan fingerprint density at radius 2 is 2.25 bits per heavy atom. The van der Waals surface area contributed by atoms with E-state index in [1.165, 1.54) is 24.8 Å². The number of nitrogens with one attached hydrogen (secondary N) is 1. The highest BCUT2D eigenvalue weighted by molar-refractivity contribution is 9.10. The molecule has 0 heterocycles. The summed E-state index contributed by atoms with van der Waals surface area (Å²) in [5, 5.41) is 3.53. The van der Waals surface area contributed by atoms with Crippen molar-refractivity contribution < 1.29 is 4.74 Å². The first-order valence-electron chi connectivity index (χ1n) is 5.85. The molecule has 0 amide bonds. The summed E-state index contributed by atoms with van der Waals surface area (Å²) in [6.07, 6.45) is 5.07. The van der Waals surface area contributed by atoms with Crippen molar-refractivity contribution in [2.45, 2.75) is 31.7 Å². The van der Waals surface area contributed by atoms with Crippen molar-refractivity contribution >= 4 is 15.9 Å². The Bertz CT molecular complexity index is 350. The average molecular weight is 284 g/mol. The molecular weight excluding hydrogens is 266 g/mol. The van der Waals surface area contributed by atoms with E-state index in [-0.39, 0.29) is 0 Å². The molecule has 0 radical (unpaired) electrons. The van der Waals surface area contributed by atoms with Crippen molar-refractivity contribution in [1.82, 2.24) is 5.32 Å². The van der Waals surface area contributed by atoms with Gasteiger partial charge in [-0.15, -0.1) is 0 Å². The minimum atomic E-state index is 0.822. The Kier molecular flexibility index (Phi) is 4.24. The third-order valence-electron chi connectivity index (χ3n) is 2.87. The van der Waals surface area contributed by atoms with Crippen LogP contribution in [-0.4, -0.2) is 19.7 Å². The van der Waals surface area contributed by atoms with Gasteiger partial charge in [0.25, 0.3) is 0 Å². The molecule has 88 valence electrons. The second-order valence-electron chi connectivity index (χ2n) is 4.30. The van der Waals surface area contributed by atoms with Crippen LogP contribution in [0, 0.1) is 0 Å². The van der Waals surface area contributed by atoms with Crippen LogP contribution >= 0.6 is 15.9 Å². The van der Waals surface area contributed by atoms with Crippen molar-refractivity contribution in [2.75, 3.05) is 13.7 Å². The molecule has 0 atom stereocenters. The normalized spacial score (nSPS) is 15.1. The first kappa shape index (κ1) is 11.9. The molecule has 1 fully saturated rings. The summed E-state index contributed by atoms with van der Waals surface area (Å²) in [6, 6.07) is 7.13. The molecule has 2 nitrogen and oxygen atoms in total. The van der Waals surface area contributed by atoms with E-state index in [1.54, 1.807) is 7.11 Å². The highest BCUT2D eigenvalue weighted by Gasteiger charge is 2.19. The van der Waals surface area contributed by atoms with Crippen molar-refractivity contribution in [3.05, 3.63) is 28.2 Å². The molecule has 0 aromatic heterocycles. The number of hydrogen-bond donors (Lipinski definition) is 1. The Hall–Kier alpha value is -0.540. The van der Waals surface area contributed by atoms with Gasteiger partial charge in [0.1, 0.15) is 5.75 Å². The van der Waals surface area contributed by atoms with Gasteiger partial charge >= 0.3 is 0 Å². The van der Waals surface area contributed by atoms with E-state index in [9.17, 15) is 0 Å². The molecule has 0 unspecified atom stereocenters. The van der Waals surface area contributed by atoms with Crippen LogP contribution in [0.1, 0.15) is 24.8 Å². The lowest BCUT2D eigenvalue weighted by molar-refractivity contribution is 0.412. The lowest BCUT2D eigenvalue weighted by Gasteiger charge is -2.06. The summed E-state index contributed by atoms with van der Waals surface area (Å²) in [4.78, 5) is 0. The Balaban J connectivity index is 1.77. The molecule has 1 aromatic rings. The first-order chi connectivity index (χ1) is 7.79. The third kappa shape index (κ3) is 3.49. The summed E-state index contributed by atoms with van der Waals surface area (Å²) in [7, 11) is 1.69. The van der Waals surface area contributed by atoms with Gasteiger partial charge in [-0.25, -0.2) is 0 Å². The van der Waals surface area contributed by atoms with Crippen LogP contribution in [0.5, 0.6) is 5.75 Å². The molecule has 0 spiro atoms. The number of benzene rings is 1. The minimum absolute atomic E-state index is 0.822. The molecule has 2 rings (SSSR count). The van der Waals surface area contributed by atoms with Crippen LogP contribution in [0.25, 0.3) is 0 Å². The summed E-state index contributed by atoms with van der Waals surface area (Å²) in [5.74, 6) is 0.903. The first-order valence-corrected chi connectivity index (χ1v) is 6.64. The minimum Gasteiger partial charge on any atom is -0.496 e. The quantitative estimate of drug-likeness (QED) is 0.810. The van der Waals surface area contributed by atoms with E-state index in [4.69, 9.17) is 4.74 Å². The summed E-state index contributed by atoms with van der Waals surface area (Å²) >= 11 is 3.51. The molecule has 1 aromatic carbocycles. The van der Waals surface area contributed by atoms with Crippen molar-refractivity contribution in [3.63, 3.8) is 0 Å². The van der Waals surface area contributed by atoms with Gasteiger partial charge in [0.05, 0.1) is 11.6 Å². The van der Waals surface area contributed by atoms with Gasteiger partial charge in [0.2, 0.25) is 0 Å². The maximum Gasteiger partial charge on any atom is 0.133 e. The van der Waals surface area contributed by atoms with Gasteiger partial charge < -0.3 is 10.1 Å². The highest BCUT2D eigenvalue weighted by Crippen LogP contribution is 2.26. The molecule has 0 saturated heterocycles.